The van der Waals surface area contributed by atoms with Crippen LogP contribution in [-0.2, 0) is 14.3 Å². The Labute approximate surface area is 140 Å². The lowest BCUT2D eigenvalue weighted by molar-refractivity contribution is -0.131. The number of carbonyl (C=O) groups is 1. The van der Waals surface area contributed by atoms with E-state index < -0.39 is 5.97 Å². The zero-order valence-electron chi connectivity index (χ0n) is 15.5. The molecular formula is C18H31NO4. The molecule has 0 fully saturated rings. The average molecular weight is 325 g/mol. The molecule has 0 heterocycles. The highest BCUT2D eigenvalue weighted by atomic mass is 16.5. The van der Waals surface area contributed by atoms with Gasteiger partial charge in [-0.05, 0) is 39.6 Å². The van der Waals surface area contributed by atoms with E-state index in [4.69, 9.17) is 14.6 Å². The predicted molar refractivity (Wildman–Crippen MR) is 95.2 cm³/mol. The van der Waals surface area contributed by atoms with Gasteiger partial charge in [-0.15, -0.1) is 0 Å². The summed E-state index contributed by atoms with van der Waals surface area (Å²) >= 11 is 0. The number of rotatable bonds is 9. The summed E-state index contributed by atoms with van der Waals surface area (Å²) in [7, 11) is 5.45. The molecule has 0 atom stereocenters. The van der Waals surface area contributed by atoms with Crippen LogP contribution in [-0.4, -0.2) is 50.3 Å². The lowest BCUT2D eigenvalue weighted by Crippen LogP contribution is -2.18. The molecule has 0 aromatic heterocycles. The Kier molecular flexibility index (Phi) is 13.8. The number of hydrogen-bond acceptors (Lipinski definition) is 4. The number of aliphatic carboxylic acids is 1. The summed E-state index contributed by atoms with van der Waals surface area (Å²) < 4.78 is 11.2. The van der Waals surface area contributed by atoms with E-state index in [9.17, 15) is 4.79 Å². The van der Waals surface area contributed by atoms with Crippen LogP contribution in [0.25, 0.3) is 0 Å². The molecule has 0 bridgehead atoms. The Balaban J connectivity index is 0. The fourth-order valence-corrected chi connectivity index (χ4v) is 1.53. The first-order chi connectivity index (χ1) is 10.8. The van der Waals surface area contributed by atoms with E-state index in [-0.39, 0.29) is 0 Å². The van der Waals surface area contributed by atoms with Crippen LogP contribution in [0.1, 0.15) is 27.7 Å². The predicted octanol–water partition coefficient (Wildman–Crippen LogP) is 3.61. The molecule has 0 aliphatic heterocycles. The molecule has 0 spiro atoms. The van der Waals surface area contributed by atoms with Crippen LogP contribution >= 0.6 is 0 Å². The van der Waals surface area contributed by atoms with E-state index >= 15 is 0 Å². The van der Waals surface area contributed by atoms with Crippen LogP contribution in [0, 0.1) is 0 Å². The largest absolute Gasteiger partial charge is 0.493 e. The number of carboxylic acids is 1. The van der Waals surface area contributed by atoms with Gasteiger partial charge < -0.3 is 19.5 Å². The van der Waals surface area contributed by atoms with Gasteiger partial charge in [0.15, 0.2) is 11.5 Å². The summed E-state index contributed by atoms with van der Waals surface area (Å²) in [5.74, 6) is 0.0451. The second-order valence-electron chi connectivity index (χ2n) is 4.85. The molecule has 0 aromatic carbocycles. The van der Waals surface area contributed by atoms with Crippen LogP contribution in [0.15, 0.2) is 47.5 Å². The van der Waals surface area contributed by atoms with Crippen LogP contribution < -0.4 is 0 Å². The van der Waals surface area contributed by atoms with Crippen LogP contribution in [0.5, 0.6) is 0 Å². The number of likely N-dealkylation sites (N-methyl/N-ethyl adjacent to an activating group) is 1. The maximum atomic E-state index is 10.7. The fourth-order valence-electron chi connectivity index (χ4n) is 1.53. The summed E-state index contributed by atoms with van der Waals surface area (Å²) in [5.41, 5.74) is 1.50. The molecule has 0 amide bonds. The van der Waals surface area contributed by atoms with E-state index in [1.807, 2.05) is 46.7 Å². The highest BCUT2D eigenvalue weighted by molar-refractivity contribution is 5.80. The first-order valence-corrected chi connectivity index (χ1v) is 7.60. The minimum atomic E-state index is -1.03. The summed E-state index contributed by atoms with van der Waals surface area (Å²) in [6, 6.07) is 0. The number of hydrogen-bond donors (Lipinski definition) is 1. The first kappa shape index (κ1) is 23.3. The van der Waals surface area contributed by atoms with Gasteiger partial charge in [0.2, 0.25) is 0 Å². The third-order valence-corrected chi connectivity index (χ3v) is 2.54. The molecule has 0 aliphatic carbocycles. The smallest absolute Gasteiger partial charge is 0.328 e. The van der Waals surface area contributed by atoms with Crippen molar-refractivity contribution >= 4 is 5.97 Å². The normalized spacial score (nSPS) is 11.3. The Morgan fingerprint density at radius 2 is 1.74 bits per heavy atom. The molecule has 0 unspecified atom stereocenters. The van der Waals surface area contributed by atoms with Crippen LogP contribution in [0.2, 0.25) is 0 Å². The van der Waals surface area contributed by atoms with Gasteiger partial charge in [0.25, 0.3) is 0 Å². The lowest BCUT2D eigenvalue weighted by Gasteiger charge is -2.18. The molecule has 5 heteroatoms. The van der Waals surface area contributed by atoms with Crippen molar-refractivity contribution in [2.75, 3.05) is 34.4 Å². The molecular weight excluding hydrogens is 294 g/mol. The Bertz CT molecular complexity index is 456. The second-order valence-corrected chi connectivity index (χ2v) is 4.85. The second kappa shape index (κ2) is 13.6. The summed E-state index contributed by atoms with van der Waals surface area (Å²) in [6.45, 7) is 12.7. The summed E-state index contributed by atoms with van der Waals surface area (Å²) in [6.07, 6.45) is 4.04. The number of carboxylic acid groups (broad SMARTS) is 1. The topological polar surface area (TPSA) is 59.0 Å². The van der Waals surface area contributed by atoms with Crippen molar-refractivity contribution in [3.8, 4) is 0 Å². The molecule has 0 saturated heterocycles. The molecule has 0 aromatic rings. The highest BCUT2D eigenvalue weighted by Crippen LogP contribution is 2.22. The minimum Gasteiger partial charge on any atom is -0.493 e. The van der Waals surface area contributed by atoms with Gasteiger partial charge >= 0.3 is 5.97 Å². The van der Waals surface area contributed by atoms with Gasteiger partial charge in [0.05, 0.1) is 7.11 Å². The van der Waals surface area contributed by atoms with Crippen molar-refractivity contribution in [2.24, 2.45) is 0 Å². The Morgan fingerprint density at radius 1 is 1.17 bits per heavy atom. The standard InChI is InChI=1S/C16H25NO4.C2H6/c1-7-13(8-9-14(18)19)16(15(20-6)12(2)3)21-11-10-17(4)5;1-2/h7-9H,1,10-11H2,2-6H3,(H,18,19);1-2H3/b9-8+,16-13-;. The molecule has 1 N–H and O–H groups in total. The Hall–Kier alpha value is -2.01. The SMILES string of the molecule is C=CC(/C=C/C(=O)O)=C(/OCCN(C)C)C(OC)=C(C)C.CC. The quantitative estimate of drug-likeness (QED) is 0.399. The van der Waals surface area contributed by atoms with Crippen LogP contribution in [0.4, 0.5) is 0 Å². The third-order valence-electron chi connectivity index (χ3n) is 2.54. The van der Waals surface area contributed by atoms with Gasteiger partial charge in [0, 0.05) is 18.2 Å². The van der Waals surface area contributed by atoms with Crippen molar-refractivity contribution in [3.63, 3.8) is 0 Å². The monoisotopic (exact) mass is 325 g/mol. The molecule has 0 rings (SSSR count). The van der Waals surface area contributed by atoms with E-state index in [1.54, 1.807) is 13.2 Å². The Morgan fingerprint density at radius 3 is 2.09 bits per heavy atom. The number of allylic oxidation sites excluding steroid dienone is 4. The van der Waals surface area contributed by atoms with Crippen LogP contribution in [0.3, 0.4) is 0 Å². The highest BCUT2D eigenvalue weighted by Gasteiger charge is 2.13. The van der Waals surface area contributed by atoms with Gasteiger partial charge in [0.1, 0.15) is 6.61 Å². The van der Waals surface area contributed by atoms with E-state index in [1.165, 1.54) is 6.08 Å². The van der Waals surface area contributed by atoms with Crippen molar-refractivity contribution in [2.45, 2.75) is 27.7 Å². The zero-order chi connectivity index (χ0) is 18.4. The zero-order valence-corrected chi connectivity index (χ0v) is 15.5. The molecule has 0 saturated carbocycles. The fraction of sp³-hybridized carbons (Fsp3) is 0.500. The maximum absolute atomic E-state index is 10.7. The molecule has 0 radical (unpaired) electrons. The minimum absolute atomic E-state index is 0.459. The number of nitrogens with zero attached hydrogens (tertiary/aromatic N) is 1. The van der Waals surface area contributed by atoms with Crippen molar-refractivity contribution in [1.82, 2.24) is 4.90 Å². The van der Waals surface area contributed by atoms with E-state index in [2.05, 4.69) is 6.58 Å². The lowest BCUT2D eigenvalue weighted by atomic mass is 10.1. The number of ether oxygens (including phenoxy) is 2. The van der Waals surface area contributed by atoms with Crippen molar-refractivity contribution in [3.05, 3.63) is 47.5 Å². The van der Waals surface area contributed by atoms with Gasteiger partial charge in [-0.3, -0.25) is 0 Å². The van der Waals surface area contributed by atoms with Crippen molar-refractivity contribution in [1.29, 1.82) is 0 Å². The third kappa shape index (κ3) is 10.4. The van der Waals surface area contributed by atoms with Gasteiger partial charge in [-0.25, -0.2) is 4.79 Å². The van der Waals surface area contributed by atoms with Gasteiger partial charge in [-0.2, -0.15) is 0 Å². The van der Waals surface area contributed by atoms with E-state index in [0.717, 1.165) is 18.2 Å². The maximum Gasteiger partial charge on any atom is 0.328 e. The molecule has 132 valence electrons. The average Bonchev–Trinajstić information content (AvgIpc) is 2.49. The number of methoxy groups -OCH3 is 1. The summed E-state index contributed by atoms with van der Waals surface area (Å²) in [4.78, 5) is 12.7. The van der Waals surface area contributed by atoms with Crippen molar-refractivity contribution < 1.29 is 19.4 Å². The van der Waals surface area contributed by atoms with Gasteiger partial charge in [-0.1, -0.05) is 26.5 Å². The summed E-state index contributed by atoms with van der Waals surface area (Å²) in [5, 5.41) is 8.76. The molecule has 5 nitrogen and oxygen atoms in total. The molecule has 23 heavy (non-hydrogen) atoms. The molecule has 0 aliphatic rings. The van der Waals surface area contributed by atoms with E-state index in [0.29, 0.717) is 23.7 Å². The first-order valence-electron chi connectivity index (χ1n) is 7.60.